The molecule has 0 radical (unpaired) electrons. The van der Waals surface area contributed by atoms with Crippen molar-refractivity contribution in [2.45, 2.75) is 64.6 Å². The molecule has 1 amide bonds. The van der Waals surface area contributed by atoms with Crippen LogP contribution in [0.5, 0.6) is 0 Å². The molecule has 0 aromatic rings. The van der Waals surface area contributed by atoms with Crippen molar-refractivity contribution in [2.24, 2.45) is 0 Å². The van der Waals surface area contributed by atoms with Crippen molar-refractivity contribution in [3.63, 3.8) is 0 Å². The second kappa shape index (κ2) is 6.97. The number of amides is 1. The van der Waals surface area contributed by atoms with Crippen LogP contribution in [0.2, 0.25) is 0 Å². The van der Waals surface area contributed by atoms with E-state index in [4.69, 9.17) is 5.11 Å². The van der Waals surface area contributed by atoms with Crippen LogP contribution < -0.4 is 5.32 Å². The molecule has 1 aliphatic rings. The first-order valence-corrected chi connectivity index (χ1v) is 6.71. The van der Waals surface area contributed by atoms with Gasteiger partial charge >= 0.3 is 0 Å². The van der Waals surface area contributed by atoms with E-state index in [1.807, 2.05) is 4.90 Å². The van der Waals surface area contributed by atoms with Crippen LogP contribution >= 0.6 is 0 Å². The Morgan fingerprint density at radius 3 is 2.59 bits per heavy atom. The maximum atomic E-state index is 11.8. The summed E-state index contributed by atoms with van der Waals surface area (Å²) in [5.74, 6) is 0.155. The average molecular weight is 242 g/mol. The first-order valence-electron chi connectivity index (χ1n) is 6.71. The van der Waals surface area contributed by atoms with Crippen LogP contribution in [0, 0.1) is 0 Å². The van der Waals surface area contributed by atoms with Gasteiger partial charge in [0.2, 0.25) is 5.91 Å². The van der Waals surface area contributed by atoms with E-state index < -0.39 is 0 Å². The molecule has 0 spiro atoms. The molecule has 0 aromatic heterocycles. The third-order valence-electron chi connectivity index (χ3n) is 3.53. The molecule has 0 aliphatic heterocycles. The zero-order chi connectivity index (χ0) is 12.8. The first kappa shape index (κ1) is 14.5. The van der Waals surface area contributed by atoms with Crippen LogP contribution in [0.1, 0.15) is 46.5 Å². The Hall–Kier alpha value is -0.610. The lowest BCUT2D eigenvalue weighted by Gasteiger charge is -2.42. The molecule has 2 atom stereocenters. The van der Waals surface area contributed by atoms with Crippen molar-refractivity contribution in [3.8, 4) is 0 Å². The van der Waals surface area contributed by atoms with E-state index in [0.29, 0.717) is 12.6 Å². The largest absolute Gasteiger partial charge is 0.395 e. The van der Waals surface area contributed by atoms with E-state index in [-0.39, 0.29) is 24.6 Å². The Morgan fingerprint density at radius 2 is 2.06 bits per heavy atom. The highest BCUT2D eigenvalue weighted by Crippen LogP contribution is 2.25. The monoisotopic (exact) mass is 242 g/mol. The molecule has 100 valence electrons. The van der Waals surface area contributed by atoms with Crippen LogP contribution in [-0.2, 0) is 4.79 Å². The van der Waals surface area contributed by atoms with E-state index in [1.54, 1.807) is 6.92 Å². The Balaban J connectivity index is 2.70. The van der Waals surface area contributed by atoms with Crippen LogP contribution in [0.25, 0.3) is 0 Å². The van der Waals surface area contributed by atoms with Crippen molar-refractivity contribution >= 4 is 5.91 Å². The Labute approximate surface area is 104 Å². The molecule has 2 N–H and O–H groups in total. The Morgan fingerprint density at radius 1 is 1.41 bits per heavy atom. The fraction of sp³-hybridized carbons (Fsp3) is 0.923. The lowest BCUT2D eigenvalue weighted by Crippen LogP contribution is -2.55. The number of carbonyl (C=O) groups is 1. The minimum absolute atomic E-state index is 0.155. The molecule has 1 fully saturated rings. The summed E-state index contributed by atoms with van der Waals surface area (Å²) in [6.45, 7) is 6.56. The maximum absolute atomic E-state index is 11.8. The minimum atomic E-state index is 0.155. The summed E-state index contributed by atoms with van der Waals surface area (Å²) in [6.07, 6.45) is 4.57. The SMILES string of the molecule is CC(=O)N(C(C)C)[C@@H]1CCCC[C@H]1NCCO. The van der Waals surface area contributed by atoms with Gasteiger partial charge in [0, 0.05) is 31.6 Å². The molecule has 4 nitrogen and oxygen atoms in total. The third kappa shape index (κ3) is 3.96. The molecular weight excluding hydrogens is 216 g/mol. The molecule has 0 aromatic carbocycles. The molecule has 0 unspecified atom stereocenters. The lowest BCUT2D eigenvalue weighted by atomic mass is 9.88. The van der Waals surface area contributed by atoms with Crippen molar-refractivity contribution in [1.29, 1.82) is 0 Å². The van der Waals surface area contributed by atoms with E-state index in [2.05, 4.69) is 19.2 Å². The van der Waals surface area contributed by atoms with Crippen LogP contribution in [0.3, 0.4) is 0 Å². The highest BCUT2D eigenvalue weighted by Gasteiger charge is 2.32. The highest BCUT2D eigenvalue weighted by molar-refractivity contribution is 5.74. The summed E-state index contributed by atoms with van der Waals surface area (Å²) in [4.78, 5) is 13.7. The zero-order valence-corrected chi connectivity index (χ0v) is 11.3. The van der Waals surface area contributed by atoms with Crippen molar-refractivity contribution in [2.75, 3.05) is 13.2 Å². The number of hydrogen-bond acceptors (Lipinski definition) is 3. The van der Waals surface area contributed by atoms with Gasteiger partial charge in [-0.05, 0) is 26.7 Å². The smallest absolute Gasteiger partial charge is 0.219 e. The summed E-state index contributed by atoms with van der Waals surface area (Å²) in [5, 5.41) is 12.3. The molecule has 17 heavy (non-hydrogen) atoms. The number of aliphatic hydroxyl groups is 1. The Kier molecular flexibility index (Phi) is 5.92. The predicted molar refractivity (Wildman–Crippen MR) is 68.8 cm³/mol. The summed E-state index contributed by atoms with van der Waals surface area (Å²) >= 11 is 0. The van der Waals surface area contributed by atoms with Crippen LogP contribution in [-0.4, -0.2) is 47.2 Å². The number of carbonyl (C=O) groups excluding carboxylic acids is 1. The Bertz CT molecular complexity index is 244. The molecule has 0 heterocycles. The van der Waals surface area contributed by atoms with Gasteiger partial charge in [-0.3, -0.25) is 4.79 Å². The second-order valence-electron chi connectivity index (χ2n) is 5.16. The van der Waals surface area contributed by atoms with Crippen molar-refractivity contribution < 1.29 is 9.90 Å². The quantitative estimate of drug-likeness (QED) is 0.760. The average Bonchev–Trinajstić information content (AvgIpc) is 2.27. The lowest BCUT2D eigenvalue weighted by molar-refractivity contribution is -0.134. The van der Waals surface area contributed by atoms with Crippen LogP contribution in [0.15, 0.2) is 0 Å². The number of hydrogen-bond donors (Lipinski definition) is 2. The summed E-state index contributed by atoms with van der Waals surface area (Å²) in [7, 11) is 0. The number of rotatable bonds is 5. The van der Waals surface area contributed by atoms with E-state index in [1.165, 1.54) is 12.8 Å². The van der Waals surface area contributed by atoms with Gasteiger partial charge in [0.1, 0.15) is 0 Å². The van der Waals surface area contributed by atoms with Gasteiger partial charge < -0.3 is 15.3 Å². The van der Waals surface area contributed by atoms with Gasteiger partial charge in [-0.1, -0.05) is 12.8 Å². The van der Waals surface area contributed by atoms with Gasteiger partial charge in [0.15, 0.2) is 0 Å². The van der Waals surface area contributed by atoms with E-state index in [0.717, 1.165) is 12.8 Å². The van der Waals surface area contributed by atoms with Gasteiger partial charge in [-0.25, -0.2) is 0 Å². The number of nitrogens with one attached hydrogen (secondary N) is 1. The number of nitrogens with zero attached hydrogens (tertiary/aromatic N) is 1. The maximum Gasteiger partial charge on any atom is 0.219 e. The molecule has 1 aliphatic carbocycles. The zero-order valence-electron chi connectivity index (χ0n) is 11.3. The summed E-state index contributed by atoms with van der Waals surface area (Å²) in [5.41, 5.74) is 0. The second-order valence-corrected chi connectivity index (χ2v) is 5.16. The minimum Gasteiger partial charge on any atom is -0.395 e. The standard InChI is InChI=1S/C13H26N2O2/c1-10(2)15(11(3)17)13-7-5-4-6-12(13)14-8-9-16/h10,12-14,16H,4-9H2,1-3H3/t12-,13-/m1/s1. The van der Waals surface area contributed by atoms with Crippen LogP contribution in [0.4, 0.5) is 0 Å². The summed E-state index contributed by atoms with van der Waals surface area (Å²) in [6, 6.07) is 0.865. The fourth-order valence-electron chi connectivity index (χ4n) is 2.91. The topological polar surface area (TPSA) is 52.6 Å². The fourth-order valence-corrected chi connectivity index (χ4v) is 2.91. The van der Waals surface area contributed by atoms with E-state index >= 15 is 0 Å². The highest BCUT2D eigenvalue weighted by atomic mass is 16.3. The molecule has 4 heteroatoms. The summed E-state index contributed by atoms with van der Waals surface area (Å²) < 4.78 is 0. The molecule has 1 rings (SSSR count). The normalized spacial score (nSPS) is 25.0. The van der Waals surface area contributed by atoms with Crippen molar-refractivity contribution in [3.05, 3.63) is 0 Å². The van der Waals surface area contributed by atoms with Gasteiger partial charge in [0.05, 0.1) is 6.61 Å². The van der Waals surface area contributed by atoms with Gasteiger partial charge in [-0.15, -0.1) is 0 Å². The third-order valence-corrected chi connectivity index (χ3v) is 3.53. The van der Waals surface area contributed by atoms with Crippen molar-refractivity contribution in [1.82, 2.24) is 10.2 Å². The first-order chi connectivity index (χ1) is 8.07. The number of aliphatic hydroxyl groups excluding tert-OH is 1. The van der Waals surface area contributed by atoms with Gasteiger partial charge in [0.25, 0.3) is 0 Å². The molecule has 0 saturated heterocycles. The predicted octanol–water partition coefficient (Wildman–Crippen LogP) is 1.14. The molecule has 1 saturated carbocycles. The molecular formula is C13H26N2O2. The molecule has 0 bridgehead atoms. The van der Waals surface area contributed by atoms with Gasteiger partial charge in [-0.2, -0.15) is 0 Å². The van der Waals surface area contributed by atoms with E-state index in [9.17, 15) is 4.79 Å².